The molecular weight excluding hydrogens is 283 g/mol. The van der Waals surface area contributed by atoms with Crippen LogP contribution in [0, 0.1) is 17.2 Å². The lowest BCUT2D eigenvalue weighted by Gasteiger charge is -2.25. The smallest absolute Gasteiger partial charge is 0.353 e. The monoisotopic (exact) mass is 299 g/mol. The first-order chi connectivity index (χ1) is 9.67. The molecule has 1 aromatic carbocycles. The summed E-state index contributed by atoms with van der Waals surface area (Å²) in [6.45, 7) is 3.56. The molecule has 1 atom stereocenters. The van der Waals surface area contributed by atoms with Gasteiger partial charge in [-0.2, -0.15) is 18.4 Å². The van der Waals surface area contributed by atoms with Crippen LogP contribution in [0.2, 0.25) is 0 Å². The van der Waals surface area contributed by atoms with Gasteiger partial charge in [0.05, 0.1) is 5.56 Å². The zero-order valence-corrected chi connectivity index (χ0v) is 12.0. The average Bonchev–Trinajstić information content (AvgIpc) is 2.39. The van der Waals surface area contributed by atoms with Gasteiger partial charge in [-0.15, -0.1) is 0 Å². The first kappa shape index (κ1) is 17.2. The second-order valence-corrected chi connectivity index (χ2v) is 5.10. The fourth-order valence-electron chi connectivity index (χ4n) is 1.99. The Balaban J connectivity index is 3.36. The fourth-order valence-corrected chi connectivity index (χ4v) is 1.99. The maximum Gasteiger partial charge on any atom is 0.416 e. The van der Waals surface area contributed by atoms with Gasteiger partial charge >= 0.3 is 6.18 Å². The Hall–Kier alpha value is -1.87. The Morgan fingerprint density at radius 1 is 1.33 bits per heavy atom. The molecule has 1 unspecified atom stereocenters. The van der Waals surface area contributed by atoms with E-state index in [4.69, 9.17) is 4.74 Å². The van der Waals surface area contributed by atoms with Crippen molar-refractivity contribution in [3.05, 3.63) is 35.4 Å². The number of benzene rings is 1. The zero-order valence-electron chi connectivity index (χ0n) is 12.0. The lowest BCUT2D eigenvalue weighted by Crippen LogP contribution is -2.37. The molecule has 0 aliphatic carbocycles. The standard InChI is InChI=1S/C15H16F3NO2/c1-10(2)7-13(20)14(9-19,21-3)11-5-4-6-12(8-11)15(16,17)18/h4-6,8,10H,7H2,1-3H3. The normalized spacial score (nSPS) is 14.6. The molecule has 3 nitrogen and oxygen atoms in total. The highest BCUT2D eigenvalue weighted by atomic mass is 19.4. The van der Waals surface area contributed by atoms with Crippen LogP contribution in [-0.4, -0.2) is 12.9 Å². The van der Waals surface area contributed by atoms with Crippen molar-refractivity contribution in [2.45, 2.75) is 32.0 Å². The van der Waals surface area contributed by atoms with Gasteiger partial charge in [0.15, 0.2) is 5.78 Å². The van der Waals surface area contributed by atoms with Gasteiger partial charge in [-0.3, -0.25) is 4.79 Å². The van der Waals surface area contributed by atoms with Crippen LogP contribution in [0.1, 0.15) is 31.4 Å². The van der Waals surface area contributed by atoms with Crippen LogP contribution in [0.4, 0.5) is 13.2 Å². The lowest BCUT2D eigenvalue weighted by molar-refractivity contribution is -0.139. The summed E-state index contributed by atoms with van der Waals surface area (Å²) in [4.78, 5) is 12.3. The van der Waals surface area contributed by atoms with Crippen molar-refractivity contribution < 1.29 is 22.7 Å². The minimum atomic E-state index is -4.55. The Kier molecular flexibility index (Phi) is 5.13. The maximum absolute atomic E-state index is 12.8. The predicted octanol–water partition coefficient (Wildman–Crippen LogP) is 3.69. The van der Waals surface area contributed by atoms with E-state index in [9.17, 15) is 23.2 Å². The van der Waals surface area contributed by atoms with Gasteiger partial charge in [0.2, 0.25) is 5.60 Å². The molecule has 0 spiro atoms. The summed E-state index contributed by atoms with van der Waals surface area (Å²) in [7, 11) is 1.14. The van der Waals surface area contributed by atoms with Gasteiger partial charge in [-0.1, -0.05) is 26.0 Å². The molecule has 0 aliphatic rings. The van der Waals surface area contributed by atoms with E-state index >= 15 is 0 Å². The molecule has 0 saturated carbocycles. The molecule has 0 aromatic heterocycles. The Morgan fingerprint density at radius 3 is 2.33 bits per heavy atom. The molecule has 0 radical (unpaired) electrons. The topological polar surface area (TPSA) is 50.1 Å². The van der Waals surface area contributed by atoms with E-state index < -0.39 is 23.1 Å². The second-order valence-electron chi connectivity index (χ2n) is 5.10. The molecule has 114 valence electrons. The third-order valence-electron chi connectivity index (χ3n) is 3.05. The first-order valence-electron chi connectivity index (χ1n) is 6.34. The van der Waals surface area contributed by atoms with Gasteiger partial charge in [0, 0.05) is 19.1 Å². The van der Waals surface area contributed by atoms with Crippen LogP contribution in [0.25, 0.3) is 0 Å². The number of ketones is 1. The molecule has 6 heteroatoms. The van der Waals surface area contributed by atoms with E-state index in [1.165, 1.54) is 6.07 Å². The minimum Gasteiger partial charge on any atom is -0.353 e. The molecule has 1 aromatic rings. The maximum atomic E-state index is 12.8. The summed E-state index contributed by atoms with van der Waals surface area (Å²) in [5.74, 6) is -0.590. The van der Waals surface area contributed by atoms with Crippen LogP contribution in [0.5, 0.6) is 0 Å². The molecule has 0 heterocycles. The first-order valence-corrected chi connectivity index (χ1v) is 6.34. The van der Waals surface area contributed by atoms with Crippen molar-refractivity contribution in [1.82, 2.24) is 0 Å². The summed E-state index contributed by atoms with van der Waals surface area (Å²) in [5, 5.41) is 9.33. The number of ether oxygens (including phenoxy) is 1. The highest BCUT2D eigenvalue weighted by Gasteiger charge is 2.42. The van der Waals surface area contributed by atoms with Gasteiger partial charge in [-0.25, -0.2) is 0 Å². The third kappa shape index (κ3) is 3.61. The fraction of sp³-hybridized carbons (Fsp3) is 0.467. The minimum absolute atomic E-state index is 0.0360. The highest BCUT2D eigenvalue weighted by Crippen LogP contribution is 2.34. The highest BCUT2D eigenvalue weighted by molar-refractivity contribution is 5.91. The Morgan fingerprint density at radius 2 is 1.90 bits per heavy atom. The van der Waals surface area contributed by atoms with Gasteiger partial charge in [0.1, 0.15) is 6.07 Å². The summed E-state index contributed by atoms with van der Waals surface area (Å²) in [5.41, 5.74) is -3.03. The molecule has 0 bridgehead atoms. The predicted molar refractivity (Wildman–Crippen MR) is 70.2 cm³/mol. The number of alkyl halides is 3. The number of Topliss-reactive ketones (excluding diaryl/α,β-unsaturated/α-hetero) is 1. The van der Waals surface area contributed by atoms with E-state index in [1.807, 2.05) is 0 Å². The largest absolute Gasteiger partial charge is 0.416 e. The number of nitriles is 1. The van der Waals surface area contributed by atoms with Crippen LogP contribution >= 0.6 is 0 Å². The van der Waals surface area contributed by atoms with Crippen LogP contribution in [0.3, 0.4) is 0 Å². The van der Waals surface area contributed by atoms with Crippen molar-refractivity contribution in [3.8, 4) is 6.07 Å². The molecule has 1 rings (SSSR count). The van der Waals surface area contributed by atoms with Crippen molar-refractivity contribution in [1.29, 1.82) is 5.26 Å². The Labute approximate surface area is 121 Å². The zero-order chi connectivity index (χ0) is 16.3. The van der Waals surface area contributed by atoms with Crippen LogP contribution in [-0.2, 0) is 21.3 Å². The number of methoxy groups -OCH3 is 1. The van der Waals surface area contributed by atoms with Crippen LogP contribution < -0.4 is 0 Å². The van der Waals surface area contributed by atoms with Crippen molar-refractivity contribution in [2.24, 2.45) is 5.92 Å². The number of hydrogen-bond acceptors (Lipinski definition) is 3. The van der Waals surface area contributed by atoms with E-state index in [2.05, 4.69) is 0 Å². The lowest BCUT2D eigenvalue weighted by atomic mass is 9.85. The van der Waals surface area contributed by atoms with Crippen molar-refractivity contribution in [2.75, 3.05) is 7.11 Å². The number of rotatable bonds is 5. The third-order valence-corrected chi connectivity index (χ3v) is 3.05. The SMILES string of the molecule is COC(C#N)(C(=O)CC(C)C)c1cccc(C(F)(F)F)c1. The van der Waals surface area contributed by atoms with E-state index in [0.717, 1.165) is 25.3 Å². The van der Waals surface area contributed by atoms with E-state index in [-0.39, 0.29) is 17.9 Å². The number of halogens is 3. The Bertz CT molecular complexity index is 561. The average molecular weight is 299 g/mol. The molecule has 0 aliphatic heterocycles. The summed E-state index contributed by atoms with van der Waals surface area (Å²) in [6.07, 6.45) is -4.51. The molecule has 0 saturated heterocycles. The molecule has 0 amide bonds. The van der Waals surface area contributed by atoms with E-state index in [0.29, 0.717) is 0 Å². The summed E-state index contributed by atoms with van der Waals surface area (Å²) in [6, 6.07) is 5.84. The summed E-state index contributed by atoms with van der Waals surface area (Å²) >= 11 is 0. The van der Waals surface area contributed by atoms with Gasteiger partial charge in [-0.05, 0) is 18.1 Å². The number of nitrogens with zero attached hydrogens (tertiary/aromatic N) is 1. The van der Waals surface area contributed by atoms with Gasteiger partial charge in [0.25, 0.3) is 0 Å². The molecular formula is C15H16F3NO2. The van der Waals surface area contributed by atoms with Gasteiger partial charge < -0.3 is 4.74 Å². The number of hydrogen-bond donors (Lipinski definition) is 0. The molecule has 0 fully saturated rings. The van der Waals surface area contributed by atoms with Crippen molar-refractivity contribution in [3.63, 3.8) is 0 Å². The second kappa shape index (κ2) is 6.27. The summed E-state index contributed by atoms with van der Waals surface area (Å²) < 4.78 is 43.3. The van der Waals surface area contributed by atoms with E-state index in [1.54, 1.807) is 19.9 Å². The quantitative estimate of drug-likeness (QED) is 0.833. The molecule has 0 N–H and O–H groups in total. The number of carbonyl (C=O) groups is 1. The van der Waals surface area contributed by atoms with Crippen molar-refractivity contribution >= 4 is 5.78 Å². The number of carbonyl (C=O) groups excluding carboxylic acids is 1. The molecule has 21 heavy (non-hydrogen) atoms. The van der Waals surface area contributed by atoms with Crippen LogP contribution in [0.15, 0.2) is 24.3 Å².